The molecule has 0 aliphatic carbocycles. The van der Waals surface area contributed by atoms with Crippen LogP contribution < -0.4 is 0 Å². The lowest BCUT2D eigenvalue weighted by atomic mass is 10.2. The molecule has 2 aliphatic rings. The van der Waals surface area contributed by atoms with Gasteiger partial charge in [-0.3, -0.25) is 19.3 Å². The monoisotopic (exact) mass is 311 g/mol. The van der Waals surface area contributed by atoms with Gasteiger partial charge in [0.2, 0.25) is 0 Å². The van der Waals surface area contributed by atoms with Crippen molar-refractivity contribution in [3.05, 3.63) is 0 Å². The molecule has 2 heterocycles. The van der Waals surface area contributed by atoms with Crippen LogP contribution in [0.2, 0.25) is 0 Å². The standard InChI is InChI=1S/C13H17N3O6/c1-3-14-8(12(20)15(4-2)13(14)21)7-11(19)22-16-9(17)5-6-10(16)18/h8H,3-7H2,1-2H3. The van der Waals surface area contributed by atoms with Crippen molar-refractivity contribution in [1.29, 1.82) is 0 Å². The van der Waals surface area contributed by atoms with Crippen LogP contribution in [0, 0.1) is 0 Å². The van der Waals surface area contributed by atoms with Gasteiger partial charge in [-0.25, -0.2) is 9.59 Å². The zero-order chi connectivity index (χ0) is 16.4. The van der Waals surface area contributed by atoms with E-state index in [0.717, 1.165) is 4.90 Å². The molecule has 5 amide bonds. The van der Waals surface area contributed by atoms with Crippen molar-refractivity contribution in [3.8, 4) is 0 Å². The first-order valence-corrected chi connectivity index (χ1v) is 7.09. The molecule has 0 saturated carbocycles. The highest BCUT2D eigenvalue weighted by Crippen LogP contribution is 2.21. The molecule has 2 aliphatic heterocycles. The van der Waals surface area contributed by atoms with E-state index in [-0.39, 0.29) is 25.9 Å². The Hall–Kier alpha value is -2.45. The van der Waals surface area contributed by atoms with Crippen LogP contribution in [0.5, 0.6) is 0 Å². The molecule has 0 N–H and O–H groups in total. The van der Waals surface area contributed by atoms with Gasteiger partial charge in [-0.05, 0) is 13.8 Å². The SMILES string of the molecule is CCN1C(=O)C(CC(=O)ON2C(=O)CCC2=O)N(CC)C1=O. The van der Waals surface area contributed by atoms with Gasteiger partial charge in [0.05, 0.1) is 6.42 Å². The molecule has 9 heteroatoms. The second kappa shape index (κ2) is 6.12. The van der Waals surface area contributed by atoms with Crippen LogP contribution in [0.4, 0.5) is 4.79 Å². The molecule has 22 heavy (non-hydrogen) atoms. The fourth-order valence-corrected chi connectivity index (χ4v) is 2.49. The third-order valence-electron chi connectivity index (χ3n) is 3.62. The Balaban J connectivity index is 2.04. The number of carbonyl (C=O) groups is 5. The summed E-state index contributed by atoms with van der Waals surface area (Å²) in [4.78, 5) is 65.8. The lowest BCUT2D eigenvalue weighted by molar-refractivity contribution is -0.198. The summed E-state index contributed by atoms with van der Waals surface area (Å²) in [6, 6.07) is -1.42. The van der Waals surface area contributed by atoms with Crippen molar-refractivity contribution < 1.29 is 28.8 Å². The van der Waals surface area contributed by atoms with Gasteiger partial charge in [0, 0.05) is 25.9 Å². The second-order valence-electron chi connectivity index (χ2n) is 4.92. The molecule has 0 aromatic carbocycles. The van der Waals surface area contributed by atoms with Crippen LogP contribution in [0.1, 0.15) is 33.1 Å². The van der Waals surface area contributed by atoms with E-state index in [0.29, 0.717) is 5.06 Å². The van der Waals surface area contributed by atoms with Crippen LogP contribution in [0.15, 0.2) is 0 Å². The third kappa shape index (κ3) is 2.66. The quantitative estimate of drug-likeness (QED) is 0.508. The number of amides is 5. The smallest absolute Gasteiger partial charge is 0.330 e. The van der Waals surface area contributed by atoms with Crippen molar-refractivity contribution >= 4 is 29.7 Å². The minimum absolute atomic E-state index is 0.00233. The molecule has 9 nitrogen and oxygen atoms in total. The predicted molar refractivity (Wildman–Crippen MR) is 70.7 cm³/mol. The molecule has 2 fully saturated rings. The van der Waals surface area contributed by atoms with E-state index in [1.807, 2.05) is 0 Å². The van der Waals surface area contributed by atoms with E-state index in [1.54, 1.807) is 13.8 Å². The molecular formula is C13H17N3O6. The van der Waals surface area contributed by atoms with E-state index in [4.69, 9.17) is 4.84 Å². The summed E-state index contributed by atoms with van der Waals surface area (Å²) < 4.78 is 0. The van der Waals surface area contributed by atoms with Crippen LogP contribution in [0.25, 0.3) is 0 Å². The number of hydroxylamine groups is 2. The van der Waals surface area contributed by atoms with Gasteiger partial charge in [-0.1, -0.05) is 0 Å². The van der Waals surface area contributed by atoms with Gasteiger partial charge in [-0.15, -0.1) is 5.06 Å². The fourth-order valence-electron chi connectivity index (χ4n) is 2.49. The van der Waals surface area contributed by atoms with Crippen molar-refractivity contribution in [2.24, 2.45) is 0 Å². The highest BCUT2D eigenvalue weighted by Gasteiger charge is 2.45. The van der Waals surface area contributed by atoms with Crippen LogP contribution in [0.3, 0.4) is 0 Å². The third-order valence-corrected chi connectivity index (χ3v) is 3.62. The summed E-state index contributed by atoms with van der Waals surface area (Å²) in [5, 5.41) is 0.428. The minimum Gasteiger partial charge on any atom is -0.330 e. The maximum atomic E-state index is 12.1. The summed E-state index contributed by atoms with van der Waals surface area (Å²) in [7, 11) is 0. The molecule has 120 valence electrons. The molecule has 1 atom stereocenters. The van der Waals surface area contributed by atoms with E-state index >= 15 is 0 Å². The first-order valence-electron chi connectivity index (χ1n) is 7.09. The zero-order valence-electron chi connectivity index (χ0n) is 12.4. The van der Waals surface area contributed by atoms with Crippen molar-refractivity contribution in [2.45, 2.75) is 39.2 Å². The first-order chi connectivity index (χ1) is 10.4. The average Bonchev–Trinajstić information content (AvgIpc) is 2.90. The molecular weight excluding hydrogens is 294 g/mol. The first kappa shape index (κ1) is 15.9. The Kier molecular flexibility index (Phi) is 4.43. The maximum absolute atomic E-state index is 12.1. The summed E-state index contributed by atoms with van der Waals surface area (Å²) in [5.41, 5.74) is 0. The number of carbonyl (C=O) groups excluding carboxylic acids is 5. The fraction of sp³-hybridized carbons (Fsp3) is 0.615. The van der Waals surface area contributed by atoms with Crippen LogP contribution in [-0.4, -0.2) is 63.7 Å². The average molecular weight is 311 g/mol. The molecule has 0 aromatic heterocycles. The molecule has 0 bridgehead atoms. The number of rotatable bonds is 5. The zero-order valence-corrected chi connectivity index (χ0v) is 12.4. The van der Waals surface area contributed by atoms with E-state index < -0.39 is 42.2 Å². The highest BCUT2D eigenvalue weighted by molar-refractivity contribution is 6.06. The van der Waals surface area contributed by atoms with Gasteiger partial charge in [0.1, 0.15) is 6.04 Å². The normalized spacial score (nSPS) is 22.1. The van der Waals surface area contributed by atoms with E-state index in [2.05, 4.69) is 0 Å². The van der Waals surface area contributed by atoms with E-state index in [1.165, 1.54) is 4.90 Å². The Bertz CT molecular complexity index is 530. The lowest BCUT2D eigenvalue weighted by Crippen LogP contribution is -2.39. The van der Waals surface area contributed by atoms with Crippen LogP contribution in [-0.2, 0) is 24.0 Å². The molecule has 2 saturated heterocycles. The summed E-state index contributed by atoms with van der Waals surface area (Å²) in [6.45, 7) is 3.82. The van der Waals surface area contributed by atoms with Gasteiger partial charge < -0.3 is 9.74 Å². The summed E-state index contributed by atoms with van der Waals surface area (Å²) in [6.07, 6.45) is -0.402. The number of urea groups is 1. The second-order valence-corrected chi connectivity index (χ2v) is 4.92. The van der Waals surface area contributed by atoms with Crippen molar-refractivity contribution in [2.75, 3.05) is 13.1 Å². The molecule has 2 rings (SSSR count). The number of likely N-dealkylation sites (N-methyl/N-ethyl adjacent to an activating group) is 2. The molecule has 0 radical (unpaired) electrons. The Labute approximate surface area is 126 Å². The Morgan fingerprint density at radius 3 is 2.18 bits per heavy atom. The van der Waals surface area contributed by atoms with E-state index in [9.17, 15) is 24.0 Å². The largest absolute Gasteiger partial charge is 0.335 e. The summed E-state index contributed by atoms with van der Waals surface area (Å²) in [5.74, 6) is -2.55. The Morgan fingerprint density at radius 1 is 1.09 bits per heavy atom. The van der Waals surface area contributed by atoms with Crippen LogP contribution >= 0.6 is 0 Å². The lowest BCUT2D eigenvalue weighted by Gasteiger charge is -2.20. The number of nitrogens with zero attached hydrogens (tertiary/aromatic N) is 3. The molecule has 1 unspecified atom stereocenters. The van der Waals surface area contributed by atoms with Crippen molar-refractivity contribution in [1.82, 2.24) is 14.9 Å². The number of imide groups is 2. The van der Waals surface area contributed by atoms with Crippen molar-refractivity contribution in [3.63, 3.8) is 0 Å². The Morgan fingerprint density at radius 2 is 1.68 bits per heavy atom. The van der Waals surface area contributed by atoms with Gasteiger partial charge >= 0.3 is 12.0 Å². The summed E-state index contributed by atoms with van der Waals surface area (Å²) >= 11 is 0. The number of hydrogen-bond donors (Lipinski definition) is 0. The minimum atomic E-state index is -0.960. The molecule has 0 aromatic rings. The number of hydrogen-bond acceptors (Lipinski definition) is 6. The van der Waals surface area contributed by atoms with Gasteiger partial charge in [-0.2, -0.15) is 0 Å². The van der Waals surface area contributed by atoms with Gasteiger partial charge in [0.15, 0.2) is 0 Å². The predicted octanol–water partition coefficient (Wildman–Crippen LogP) is -0.344. The maximum Gasteiger partial charge on any atom is 0.335 e. The highest BCUT2D eigenvalue weighted by atomic mass is 16.7. The molecule has 0 spiro atoms. The van der Waals surface area contributed by atoms with Gasteiger partial charge in [0.25, 0.3) is 17.7 Å². The topological polar surface area (TPSA) is 104 Å².